The molecule has 2 N–H and O–H groups in total. The first-order chi connectivity index (χ1) is 10.4. The van der Waals surface area contributed by atoms with Crippen molar-refractivity contribution < 1.29 is 13.2 Å². The summed E-state index contributed by atoms with van der Waals surface area (Å²) in [6, 6.07) is 4.85. The molecule has 0 radical (unpaired) electrons. The molecule has 1 unspecified atom stereocenters. The van der Waals surface area contributed by atoms with Gasteiger partial charge in [0.2, 0.25) is 15.9 Å². The first kappa shape index (κ1) is 19.9. The van der Waals surface area contributed by atoms with Gasteiger partial charge >= 0.3 is 0 Å². The highest BCUT2D eigenvalue weighted by Gasteiger charge is 2.34. The quantitative estimate of drug-likeness (QED) is 0.837. The van der Waals surface area contributed by atoms with E-state index in [1.54, 1.807) is 22.5 Å². The normalized spacial score (nSPS) is 18.5. The smallest absolute Gasteiger partial charge is 0.243 e. The van der Waals surface area contributed by atoms with Crippen molar-refractivity contribution in [1.82, 2.24) is 9.62 Å². The predicted octanol–water partition coefficient (Wildman–Crippen LogP) is 1.75. The number of likely N-dealkylation sites (N-methyl/N-ethyl adjacent to an activating group) is 1. The fourth-order valence-electron chi connectivity index (χ4n) is 2.79. The Labute approximate surface area is 144 Å². The number of aryl methyl sites for hydroxylation is 1. The van der Waals surface area contributed by atoms with Gasteiger partial charge in [0, 0.05) is 31.7 Å². The number of nitrogens with one attached hydrogen (secondary N) is 2. The molecule has 0 bridgehead atoms. The number of hydrogen-bond donors (Lipinski definition) is 2. The molecule has 6 nitrogen and oxygen atoms in total. The van der Waals surface area contributed by atoms with E-state index >= 15 is 0 Å². The molecule has 1 amide bonds. The zero-order valence-electron chi connectivity index (χ0n) is 13.6. The lowest BCUT2D eigenvalue weighted by Crippen LogP contribution is -2.40. The van der Waals surface area contributed by atoms with Crippen LogP contribution in [-0.2, 0) is 14.8 Å². The van der Waals surface area contributed by atoms with Gasteiger partial charge in [0.1, 0.15) is 0 Å². The van der Waals surface area contributed by atoms with Crippen molar-refractivity contribution in [2.75, 3.05) is 25.5 Å². The lowest BCUT2D eigenvalue weighted by atomic mass is 10.2. The Morgan fingerprint density at radius 3 is 2.70 bits per heavy atom. The van der Waals surface area contributed by atoms with Crippen LogP contribution in [0.25, 0.3) is 0 Å². The number of rotatable bonds is 5. The van der Waals surface area contributed by atoms with E-state index in [0.717, 1.165) is 18.4 Å². The minimum Gasteiger partial charge on any atom is -0.326 e. The molecule has 1 fully saturated rings. The largest absolute Gasteiger partial charge is 0.326 e. The Kier molecular flexibility index (Phi) is 7.01. The van der Waals surface area contributed by atoms with Crippen LogP contribution in [0.2, 0.25) is 0 Å². The van der Waals surface area contributed by atoms with E-state index in [4.69, 9.17) is 0 Å². The molecule has 1 aromatic carbocycles. The summed E-state index contributed by atoms with van der Waals surface area (Å²) in [5, 5.41) is 5.72. The van der Waals surface area contributed by atoms with Gasteiger partial charge < -0.3 is 10.6 Å². The van der Waals surface area contributed by atoms with E-state index in [-0.39, 0.29) is 29.3 Å². The number of carbonyl (C=O) groups is 1. The van der Waals surface area contributed by atoms with Gasteiger partial charge in [-0.1, -0.05) is 6.07 Å². The second kappa shape index (κ2) is 8.10. The van der Waals surface area contributed by atoms with Crippen molar-refractivity contribution in [2.24, 2.45) is 0 Å². The average molecular weight is 362 g/mol. The molecule has 23 heavy (non-hydrogen) atoms. The minimum absolute atomic E-state index is 0. The number of anilines is 1. The summed E-state index contributed by atoms with van der Waals surface area (Å²) in [6.45, 7) is 4.42. The first-order valence-electron chi connectivity index (χ1n) is 7.41. The van der Waals surface area contributed by atoms with Gasteiger partial charge in [0.25, 0.3) is 0 Å². The summed E-state index contributed by atoms with van der Waals surface area (Å²) < 4.78 is 27.3. The van der Waals surface area contributed by atoms with E-state index in [1.165, 1.54) is 6.92 Å². The number of benzene rings is 1. The van der Waals surface area contributed by atoms with Gasteiger partial charge in [0.15, 0.2) is 0 Å². The maximum atomic E-state index is 12.9. The standard InChI is InChI=1S/C15H23N3O3S.ClH/c1-11-6-7-14(9-15(11)17-12(2)19)22(20,21)18-8-4-5-13(18)10-16-3;/h6-7,9,13,16H,4-5,8,10H2,1-3H3,(H,17,19);1H. The molecule has 0 saturated carbocycles. The van der Waals surface area contributed by atoms with E-state index in [9.17, 15) is 13.2 Å². The third-order valence-corrected chi connectivity index (χ3v) is 5.84. The van der Waals surface area contributed by atoms with Crippen LogP contribution >= 0.6 is 12.4 Å². The number of carbonyl (C=O) groups excluding carboxylic acids is 1. The monoisotopic (exact) mass is 361 g/mol. The van der Waals surface area contributed by atoms with Gasteiger partial charge in [-0.05, 0) is 44.5 Å². The SMILES string of the molecule is CNCC1CCCN1S(=O)(=O)c1ccc(C)c(NC(C)=O)c1.Cl. The van der Waals surface area contributed by atoms with E-state index in [0.29, 0.717) is 18.8 Å². The van der Waals surface area contributed by atoms with Crippen molar-refractivity contribution in [3.63, 3.8) is 0 Å². The zero-order valence-corrected chi connectivity index (χ0v) is 15.3. The van der Waals surface area contributed by atoms with Crippen LogP contribution in [0, 0.1) is 6.92 Å². The Bertz CT molecular complexity index is 664. The Morgan fingerprint density at radius 1 is 1.39 bits per heavy atom. The number of hydrogen-bond acceptors (Lipinski definition) is 4. The highest BCUT2D eigenvalue weighted by atomic mass is 35.5. The highest BCUT2D eigenvalue weighted by molar-refractivity contribution is 7.89. The molecular formula is C15H24ClN3O3S. The molecule has 130 valence electrons. The second-order valence-corrected chi connectivity index (χ2v) is 7.52. The van der Waals surface area contributed by atoms with E-state index < -0.39 is 10.0 Å². The summed E-state index contributed by atoms with van der Waals surface area (Å²) in [6.07, 6.45) is 1.74. The van der Waals surface area contributed by atoms with Crippen molar-refractivity contribution in [3.8, 4) is 0 Å². The lowest BCUT2D eigenvalue weighted by molar-refractivity contribution is -0.114. The maximum Gasteiger partial charge on any atom is 0.243 e. The van der Waals surface area contributed by atoms with Crippen LogP contribution in [0.5, 0.6) is 0 Å². The van der Waals surface area contributed by atoms with Crippen molar-refractivity contribution >= 4 is 34.0 Å². The molecule has 2 rings (SSSR count). The van der Waals surface area contributed by atoms with Gasteiger partial charge in [-0.2, -0.15) is 4.31 Å². The summed E-state index contributed by atoms with van der Waals surface area (Å²) in [5.41, 5.74) is 1.38. The van der Waals surface area contributed by atoms with Gasteiger partial charge in [-0.3, -0.25) is 4.79 Å². The summed E-state index contributed by atoms with van der Waals surface area (Å²) in [4.78, 5) is 11.5. The molecule has 1 heterocycles. The molecule has 0 aliphatic carbocycles. The second-order valence-electron chi connectivity index (χ2n) is 5.63. The molecule has 0 spiro atoms. The summed E-state index contributed by atoms with van der Waals surface area (Å²) in [5.74, 6) is -0.216. The van der Waals surface area contributed by atoms with E-state index in [1.807, 2.05) is 14.0 Å². The Balaban J connectivity index is 0.00000264. The van der Waals surface area contributed by atoms with Crippen molar-refractivity contribution in [3.05, 3.63) is 23.8 Å². The van der Waals surface area contributed by atoms with Gasteiger partial charge in [0.05, 0.1) is 4.90 Å². The van der Waals surface area contributed by atoms with Crippen molar-refractivity contribution in [1.29, 1.82) is 0 Å². The Morgan fingerprint density at radius 2 is 2.09 bits per heavy atom. The average Bonchev–Trinajstić information content (AvgIpc) is 2.90. The Hall–Kier alpha value is -1.15. The predicted molar refractivity (Wildman–Crippen MR) is 93.6 cm³/mol. The lowest BCUT2D eigenvalue weighted by Gasteiger charge is -2.24. The molecule has 1 aromatic rings. The number of amides is 1. The third kappa shape index (κ3) is 4.44. The van der Waals surface area contributed by atoms with Crippen LogP contribution in [0.1, 0.15) is 25.3 Å². The summed E-state index contributed by atoms with van der Waals surface area (Å²) in [7, 11) is -1.72. The molecule has 8 heteroatoms. The number of nitrogens with zero attached hydrogens (tertiary/aromatic N) is 1. The van der Waals surface area contributed by atoms with Crippen LogP contribution < -0.4 is 10.6 Å². The fourth-order valence-corrected chi connectivity index (χ4v) is 4.51. The van der Waals surface area contributed by atoms with Crippen molar-refractivity contribution in [2.45, 2.75) is 37.6 Å². The molecule has 1 aliphatic rings. The molecular weight excluding hydrogens is 338 g/mol. The summed E-state index contributed by atoms with van der Waals surface area (Å²) >= 11 is 0. The van der Waals surface area contributed by atoms with Gasteiger partial charge in [-0.25, -0.2) is 8.42 Å². The van der Waals surface area contributed by atoms with Crippen LogP contribution in [0.15, 0.2) is 23.1 Å². The molecule has 1 saturated heterocycles. The number of sulfonamides is 1. The fraction of sp³-hybridized carbons (Fsp3) is 0.533. The van der Waals surface area contributed by atoms with Crippen LogP contribution in [0.3, 0.4) is 0 Å². The minimum atomic E-state index is -3.54. The van der Waals surface area contributed by atoms with Crippen LogP contribution in [-0.4, -0.2) is 44.8 Å². The third-order valence-electron chi connectivity index (χ3n) is 3.89. The number of halogens is 1. The first-order valence-corrected chi connectivity index (χ1v) is 8.85. The maximum absolute atomic E-state index is 12.9. The van der Waals surface area contributed by atoms with Gasteiger partial charge in [-0.15, -0.1) is 12.4 Å². The molecule has 0 aromatic heterocycles. The van der Waals surface area contributed by atoms with Crippen LogP contribution in [0.4, 0.5) is 5.69 Å². The zero-order chi connectivity index (χ0) is 16.3. The van der Waals surface area contributed by atoms with E-state index in [2.05, 4.69) is 10.6 Å². The topological polar surface area (TPSA) is 78.5 Å². The highest BCUT2D eigenvalue weighted by Crippen LogP contribution is 2.28. The molecule has 1 aliphatic heterocycles. The molecule has 1 atom stereocenters.